The van der Waals surface area contributed by atoms with Crippen molar-refractivity contribution in [2.45, 2.75) is 19.6 Å². The minimum atomic E-state index is -0.242. The van der Waals surface area contributed by atoms with Crippen LogP contribution in [0.2, 0.25) is 0 Å². The lowest BCUT2D eigenvalue weighted by Gasteiger charge is -2.24. The van der Waals surface area contributed by atoms with Crippen LogP contribution in [0.4, 0.5) is 10.1 Å². The van der Waals surface area contributed by atoms with Gasteiger partial charge in [0.2, 0.25) is 0 Å². The number of hydrogen-bond acceptors (Lipinski definition) is 3. The summed E-state index contributed by atoms with van der Waals surface area (Å²) in [5.74, 6) is 0.249. The number of hydrogen-bond donors (Lipinski definition) is 1. The van der Waals surface area contributed by atoms with Gasteiger partial charge in [0.1, 0.15) is 5.82 Å². The summed E-state index contributed by atoms with van der Waals surface area (Å²) in [7, 11) is 4.11. The lowest BCUT2D eigenvalue weighted by molar-refractivity contribution is 0.266. The number of nitrogens with zero attached hydrogens (tertiary/aromatic N) is 2. The molecule has 1 aromatic rings. The molecule has 0 radical (unpaired) electrons. The molecule has 18 heavy (non-hydrogen) atoms. The second-order valence-electron chi connectivity index (χ2n) is 5.32. The summed E-state index contributed by atoms with van der Waals surface area (Å²) in [4.78, 5) is 4.24. The van der Waals surface area contributed by atoms with Crippen LogP contribution >= 0.6 is 0 Å². The van der Waals surface area contributed by atoms with Gasteiger partial charge in [0, 0.05) is 24.7 Å². The Hall–Kier alpha value is -1.13. The van der Waals surface area contributed by atoms with Crippen molar-refractivity contribution in [3.8, 4) is 0 Å². The first kappa shape index (κ1) is 13.3. The van der Waals surface area contributed by atoms with Gasteiger partial charge in [0.05, 0.1) is 12.3 Å². The van der Waals surface area contributed by atoms with Crippen molar-refractivity contribution in [1.82, 2.24) is 4.90 Å². The van der Waals surface area contributed by atoms with Gasteiger partial charge in [-0.25, -0.2) is 4.39 Å². The fourth-order valence-electron chi connectivity index (χ4n) is 2.85. The van der Waals surface area contributed by atoms with Crippen LogP contribution in [0.25, 0.3) is 0 Å². The molecule has 0 bridgehead atoms. The van der Waals surface area contributed by atoms with Crippen molar-refractivity contribution in [2.24, 2.45) is 5.92 Å². The molecule has 2 rings (SSSR count). The van der Waals surface area contributed by atoms with E-state index in [1.165, 1.54) is 6.07 Å². The zero-order valence-corrected chi connectivity index (χ0v) is 11.2. The van der Waals surface area contributed by atoms with Crippen LogP contribution in [-0.2, 0) is 6.61 Å². The molecular weight excluding hydrogens is 231 g/mol. The molecule has 3 nitrogen and oxygen atoms in total. The summed E-state index contributed by atoms with van der Waals surface area (Å²) < 4.78 is 14.0. The number of aliphatic hydroxyl groups is 1. The van der Waals surface area contributed by atoms with Crippen LogP contribution in [0.5, 0.6) is 0 Å². The zero-order chi connectivity index (χ0) is 13.3. The Bertz CT molecular complexity index is 422. The smallest absolute Gasteiger partial charge is 0.146 e. The van der Waals surface area contributed by atoms with Gasteiger partial charge in [-0.3, -0.25) is 0 Å². The van der Waals surface area contributed by atoms with E-state index in [9.17, 15) is 9.50 Å². The van der Waals surface area contributed by atoms with Crippen molar-refractivity contribution in [3.05, 3.63) is 29.6 Å². The summed E-state index contributed by atoms with van der Waals surface area (Å²) in [5.41, 5.74) is 1.23. The highest BCUT2D eigenvalue weighted by Crippen LogP contribution is 2.31. The fourth-order valence-corrected chi connectivity index (χ4v) is 2.85. The van der Waals surface area contributed by atoms with Crippen LogP contribution in [0.1, 0.15) is 12.5 Å². The van der Waals surface area contributed by atoms with Gasteiger partial charge in [0.15, 0.2) is 0 Å². The Morgan fingerprint density at radius 2 is 2.11 bits per heavy atom. The number of benzene rings is 1. The van der Waals surface area contributed by atoms with Crippen molar-refractivity contribution in [3.63, 3.8) is 0 Å². The van der Waals surface area contributed by atoms with E-state index in [0.29, 0.717) is 23.2 Å². The molecule has 0 aliphatic carbocycles. The molecule has 0 aromatic heterocycles. The molecule has 0 saturated carbocycles. The summed E-state index contributed by atoms with van der Waals surface area (Å²) >= 11 is 0. The molecule has 1 aromatic carbocycles. The molecular formula is C14H21FN2O. The van der Waals surface area contributed by atoms with Gasteiger partial charge >= 0.3 is 0 Å². The zero-order valence-electron chi connectivity index (χ0n) is 11.2. The standard InChI is InChI=1S/C14H21FN2O/c1-10-7-17(8-13(10)16(2)3)14-11(9-18)5-4-6-12(14)15/h4-6,10,13,18H,7-9H2,1-3H3. The Balaban J connectivity index is 2.29. The maximum Gasteiger partial charge on any atom is 0.146 e. The quantitative estimate of drug-likeness (QED) is 0.887. The monoisotopic (exact) mass is 252 g/mol. The summed E-state index contributed by atoms with van der Waals surface area (Å²) in [6, 6.07) is 5.32. The number of anilines is 1. The SMILES string of the molecule is CC1CN(c2c(F)cccc2CO)CC1N(C)C. The number of para-hydroxylation sites is 1. The van der Waals surface area contributed by atoms with Crippen molar-refractivity contribution in [1.29, 1.82) is 0 Å². The van der Waals surface area contributed by atoms with E-state index in [1.54, 1.807) is 12.1 Å². The van der Waals surface area contributed by atoms with Crippen molar-refractivity contribution >= 4 is 5.69 Å². The molecule has 0 amide bonds. The molecule has 100 valence electrons. The van der Waals surface area contributed by atoms with Crippen LogP contribution in [0.3, 0.4) is 0 Å². The molecule has 2 atom stereocenters. The van der Waals surface area contributed by atoms with E-state index in [2.05, 4.69) is 30.8 Å². The number of aliphatic hydroxyl groups excluding tert-OH is 1. The predicted molar refractivity (Wildman–Crippen MR) is 71.2 cm³/mol. The first-order valence-corrected chi connectivity index (χ1v) is 6.34. The largest absolute Gasteiger partial charge is 0.392 e. The molecule has 1 aliphatic heterocycles. The highest BCUT2D eigenvalue weighted by Gasteiger charge is 2.33. The third kappa shape index (κ3) is 2.35. The molecule has 1 fully saturated rings. The summed E-state index contributed by atoms with van der Waals surface area (Å²) in [5, 5.41) is 9.34. The maximum absolute atomic E-state index is 14.0. The number of likely N-dealkylation sites (N-methyl/N-ethyl adjacent to an activating group) is 1. The van der Waals surface area contributed by atoms with Crippen molar-refractivity contribution in [2.75, 3.05) is 32.1 Å². The topological polar surface area (TPSA) is 26.7 Å². The minimum absolute atomic E-state index is 0.120. The third-order valence-electron chi connectivity index (χ3n) is 3.79. The maximum atomic E-state index is 14.0. The highest BCUT2D eigenvalue weighted by molar-refractivity contribution is 5.55. The van der Waals surface area contributed by atoms with E-state index in [0.717, 1.165) is 13.1 Å². The summed E-state index contributed by atoms with van der Waals surface area (Å²) in [6.45, 7) is 3.70. The van der Waals surface area contributed by atoms with Crippen LogP contribution in [0.15, 0.2) is 18.2 Å². The van der Waals surface area contributed by atoms with Gasteiger partial charge in [-0.2, -0.15) is 0 Å². The first-order valence-electron chi connectivity index (χ1n) is 6.34. The normalized spacial score (nSPS) is 24.0. The molecule has 0 spiro atoms. The van der Waals surface area contributed by atoms with Crippen LogP contribution < -0.4 is 4.90 Å². The third-order valence-corrected chi connectivity index (χ3v) is 3.79. The Morgan fingerprint density at radius 1 is 1.39 bits per heavy atom. The Morgan fingerprint density at radius 3 is 2.67 bits per heavy atom. The highest BCUT2D eigenvalue weighted by atomic mass is 19.1. The van der Waals surface area contributed by atoms with Gasteiger partial charge in [-0.05, 0) is 26.1 Å². The van der Waals surface area contributed by atoms with Crippen LogP contribution in [-0.4, -0.2) is 43.2 Å². The second kappa shape index (κ2) is 5.24. The molecule has 1 N–H and O–H groups in total. The van der Waals surface area contributed by atoms with Gasteiger partial charge in [-0.15, -0.1) is 0 Å². The fraction of sp³-hybridized carbons (Fsp3) is 0.571. The van der Waals surface area contributed by atoms with E-state index >= 15 is 0 Å². The number of halogens is 1. The first-order chi connectivity index (χ1) is 8.54. The van der Waals surface area contributed by atoms with Gasteiger partial charge < -0.3 is 14.9 Å². The average molecular weight is 252 g/mol. The Labute approximate surface area is 108 Å². The minimum Gasteiger partial charge on any atom is -0.392 e. The molecule has 1 heterocycles. The molecule has 2 unspecified atom stereocenters. The lowest BCUT2D eigenvalue weighted by Crippen LogP contribution is -2.34. The predicted octanol–water partition coefficient (Wildman–Crippen LogP) is 1.70. The average Bonchev–Trinajstić information content (AvgIpc) is 2.70. The van der Waals surface area contributed by atoms with E-state index in [1.807, 2.05) is 0 Å². The van der Waals surface area contributed by atoms with Crippen molar-refractivity contribution < 1.29 is 9.50 Å². The number of rotatable bonds is 3. The van der Waals surface area contributed by atoms with Crippen LogP contribution in [0, 0.1) is 11.7 Å². The van der Waals surface area contributed by atoms with E-state index in [-0.39, 0.29) is 12.4 Å². The lowest BCUT2D eigenvalue weighted by atomic mass is 10.1. The van der Waals surface area contributed by atoms with E-state index < -0.39 is 0 Å². The second-order valence-corrected chi connectivity index (χ2v) is 5.32. The van der Waals surface area contributed by atoms with Gasteiger partial charge in [0.25, 0.3) is 0 Å². The molecule has 4 heteroatoms. The summed E-state index contributed by atoms with van der Waals surface area (Å²) in [6.07, 6.45) is 0. The molecule has 1 aliphatic rings. The Kier molecular flexibility index (Phi) is 3.88. The van der Waals surface area contributed by atoms with E-state index in [4.69, 9.17) is 0 Å². The molecule has 1 saturated heterocycles. The van der Waals surface area contributed by atoms with Gasteiger partial charge in [-0.1, -0.05) is 19.1 Å².